The summed E-state index contributed by atoms with van der Waals surface area (Å²) in [5, 5.41) is 7.64. The van der Waals surface area contributed by atoms with Crippen LogP contribution in [0, 0.1) is 18.6 Å². The Morgan fingerprint density at radius 3 is 2.47 bits per heavy atom. The normalized spacial score (nSPS) is 10.8. The molecule has 1 N–H and O–H groups in total. The lowest BCUT2D eigenvalue weighted by Gasteiger charge is -2.09. The van der Waals surface area contributed by atoms with Crippen molar-refractivity contribution >= 4 is 23.8 Å². The maximum absolute atomic E-state index is 12.9. The van der Waals surface area contributed by atoms with Crippen LogP contribution in [0.1, 0.15) is 29.4 Å². The Morgan fingerprint density at radius 1 is 1.03 bits per heavy atom. The molecule has 174 valence electrons. The zero-order valence-electron chi connectivity index (χ0n) is 19.6. The topological polar surface area (TPSA) is 61.1 Å². The van der Waals surface area contributed by atoms with Crippen LogP contribution < -0.4 is 10.1 Å². The number of hydrogen-bond donors (Lipinski definition) is 1. The largest absolute Gasteiger partial charge is 0.486 e. The third-order valence-corrected chi connectivity index (χ3v) is 5.97. The molecule has 34 heavy (non-hydrogen) atoms. The molecule has 0 atom stereocenters. The molecule has 0 radical (unpaired) electrons. The average Bonchev–Trinajstić information content (AvgIpc) is 3.15. The number of aromatic nitrogens is 3. The molecule has 0 aliphatic heterocycles. The second kappa shape index (κ2) is 10.5. The highest BCUT2D eigenvalue weighted by molar-refractivity contribution is 7.71. The summed E-state index contributed by atoms with van der Waals surface area (Å²) in [6.45, 7) is 6.30. The van der Waals surface area contributed by atoms with Crippen molar-refractivity contribution in [3.05, 3.63) is 100 Å². The molecule has 0 unspecified atom stereocenters. The van der Waals surface area contributed by atoms with E-state index >= 15 is 0 Å². The molecule has 4 aromatic rings. The van der Waals surface area contributed by atoms with Crippen molar-refractivity contribution in [2.45, 2.75) is 40.3 Å². The molecule has 1 heterocycles. The number of amides is 1. The highest BCUT2D eigenvalue weighted by Crippen LogP contribution is 2.19. The monoisotopic (exact) mass is 472 g/mol. The summed E-state index contributed by atoms with van der Waals surface area (Å²) in [4.78, 5) is 12.9. The van der Waals surface area contributed by atoms with E-state index in [1.807, 2.05) is 79.1 Å². The van der Waals surface area contributed by atoms with Gasteiger partial charge in [-0.1, -0.05) is 49.4 Å². The zero-order valence-corrected chi connectivity index (χ0v) is 20.4. The van der Waals surface area contributed by atoms with Crippen molar-refractivity contribution in [2.24, 2.45) is 0 Å². The molecular formula is C27H28N4O2S. The summed E-state index contributed by atoms with van der Waals surface area (Å²) >= 11 is 5.74. The van der Waals surface area contributed by atoms with Crippen molar-refractivity contribution in [1.29, 1.82) is 0 Å². The van der Waals surface area contributed by atoms with Crippen molar-refractivity contribution in [3.8, 4) is 11.4 Å². The number of hydrogen-bond acceptors (Lipinski definition) is 4. The molecule has 3 aromatic carbocycles. The lowest BCUT2D eigenvalue weighted by molar-refractivity contribution is -0.116. The van der Waals surface area contributed by atoms with Crippen LogP contribution in [-0.4, -0.2) is 20.3 Å². The predicted molar refractivity (Wildman–Crippen MR) is 137 cm³/mol. The molecule has 1 aromatic heterocycles. The van der Waals surface area contributed by atoms with Crippen molar-refractivity contribution < 1.29 is 9.53 Å². The summed E-state index contributed by atoms with van der Waals surface area (Å²) in [5.74, 6) is 1.17. The number of ether oxygens (including phenoxy) is 1. The van der Waals surface area contributed by atoms with Crippen LogP contribution in [0.4, 0.5) is 5.69 Å². The first kappa shape index (κ1) is 23.4. The Balaban J connectivity index is 1.62. The summed E-state index contributed by atoms with van der Waals surface area (Å²) < 4.78 is 9.80. The van der Waals surface area contributed by atoms with Crippen LogP contribution in [0.3, 0.4) is 0 Å². The highest BCUT2D eigenvalue weighted by atomic mass is 32.1. The Morgan fingerprint density at radius 2 is 1.76 bits per heavy atom. The number of anilines is 1. The van der Waals surface area contributed by atoms with E-state index in [1.54, 1.807) is 4.68 Å². The van der Waals surface area contributed by atoms with Gasteiger partial charge in [0.2, 0.25) is 10.7 Å². The Bertz CT molecular complexity index is 1340. The van der Waals surface area contributed by atoms with Crippen molar-refractivity contribution in [2.75, 3.05) is 5.32 Å². The fourth-order valence-electron chi connectivity index (χ4n) is 3.65. The summed E-state index contributed by atoms with van der Waals surface area (Å²) in [6.07, 6.45) is 0.952. The number of carbonyl (C=O) groups is 1. The maximum atomic E-state index is 12.9. The highest BCUT2D eigenvalue weighted by Gasteiger charge is 2.16. The number of benzene rings is 3. The summed E-state index contributed by atoms with van der Waals surface area (Å²) in [6, 6.07) is 23.7. The third-order valence-electron chi connectivity index (χ3n) is 5.58. The van der Waals surface area contributed by atoms with E-state index in [4.69, 9.17) is 17.0 Å². The van der Waals surface area contributed by atoms with Gasteiger partial charge in [-0.3, -0.25) is 9.36 Å². The Kier molecular flexibility index (Phi) is 7.23. The number of nitrogens with zero attached hydrogens (tertiary/aromatic N) is 3. The second-order valence-electron chi connectivity index (χ2n) is 8.18. The SMILES string of the molecule is CCc1ccc(-n2c(COc3ccccc3)nn(CC(=O)Nc3cc(C)ccc3C)c2=S)cc1. The van der Waals surface area contributed by atoms with E-state index in [2.05, 4.69) is 29.5 Å². The summed E-state index contributed by atoms with van der Waals surface area (Å²) in [5.41, 5.74) is 4.99. The number of para-hydroxylation sites is 1. The third kappa shape index (κ3) is 5.43. The van der Waals surface area contributed by atoms with Gasteiger partial charge in [-0.05, 0) is 79.5 Å². The smallest absolute Gasteiger partial charge is 0.246 e. The van der Waals surface area contributed by atoms with Crippen LogP contribution in [0.2, 0.25) is 0 Å². The molecule has 6 nitrogen and oxygen atoms in total. The molecule has 0 saturated carbocycles. The molecule has 0 saturated heterocycles. The van der Waals surface area contributed by atoms with E-state index in [0.717, 1.165) is 34.7 Å². The number of aryl methyl sites for hydroxylation is 3. The van der Waals surface area contributed by atoms with Gasteiger partial charge in [0.15, 0.2) is 5.82 Å². The Labute approximate surface area is 204 Å². The first-order chi connectivity index (χ1) is 16.4. The van der Waals surface area contributed by atoms with Crippen molar-refractivity contribution in [3.63, 3.8) is 0 Å². The van der Waals surface area contributed by atoms with Gasteiger partial charge < -0.3 is 10.1 Å². The first-order valence-electron chi connectivity index (χ1n) is 11.3. The van der Waals surface area contributed by atoms with Crippen LogP contribution >= 0.6 is 12.2 Å². The molecule has 0 aliphatic carbocycles. The van der Waals surface area contributed by atoms with E-state index in [1.165, 1.54) is 5.56 Å². The molecule has 0 bridgehead atoms. The fourth-order valence-corrected chi connectivity index (χ4v) is 3.97. The first-order valence-corrected chi connectivity index (χ1v) is 11.7. The van der Waals surface area contributed by atoms with Crippen molar-refractivity contribution in [1.82, 2.24) is 14.3 Å². The standard InChI is InChI=1S/C27H28N4O2S/c1-4-21-12-14-22(15-13-21)31-25(18-33-23-8-6-5-7-9-23)29-30(27(31)34)17-26(32)28-24-16-19(2)10-11-20(24)3/h5-16H,4,17-18H2,1-3H3,(H,28,32). The van der Waals surface area contributed by atoms with Gasteiger partial charge in [0.1, 0.15) is 18.9 Å². The van der Waals surface area contributed by atoms with Gasteiger partial charge >= 0.3 is 0 Å². The number of nitrogens with one attached hydrogen (secondary N) is 1. The van der Waals surface area contributed by atoms with E-state index in [0.29, 0.717) is 10.6 Å². The zero-order chi connectivity index (χ0) is 24.1. The molecule has 4 rings (SSSR count). The van der Waals surface area contributed by atoms with Gasteiger partial charge in [0, 0.05) is 11.4 Å². The minimum atomic E-state index is -0.189. The molecule has 0 spiro atoms. The molecule has 0 fully saturated rings. The number of carbonyl (C=O) groups excluding carboxylic acids is 1. The summed E-state index contributed by atoms with van der Waals surface area (Å²) in [7, 11) is 0. The van der Waals surface area contributed by atoms with Crippen LogP contribution in [-0.2, 0) is 24.4 Å². The van der Waals surface area contributed by atoms with Crippen LogP contribution in [0.5, 0.6) is 5.75 Å². The molecule has 1 amide bonds. The van der Waals surface area contributed by atoms with Gasteiger partial charge in [0.25, 0.3) is 0 Å². The average molecular weight is 473 g/mol. The van der Waals surface area contributed by atoms with E-state index < -0.39 is 0 Å². The fraction of sp³-hybridized carbons (Fsp3) is 0.222. The predicted octanol–water partition coefficient (Wildman–Crippen LogP) is 5.80. The van der Waals surface area contributed by atoms with Gasteiger partial charge in [-0.2, -0.15) is 5.10 Å². The lowest BCUT2D eigenvalue weighted by Crippen LogP contribution is -2.20. The maximum Gasteiger partial charge on any atom is 0.246 e. The van der Waals surface area contributed by atoms with Crippen LogP contribution in [0.25, 0.3) is 5.69 Å². The van der Waals surface area contributed by atoms with Gasteiger partial charge in [0.05, 0.1) is 0 Å². The van der Waals surface area contributed by atoms with E-state index in [-0.39, 0.29) is 19.1 Å². The minimum absolute atomic E-state index is 0.00456. The molecule has 0 aliphatic rings. The minimum Gasteiger partial charge on any atom is -0.486 e. The Hall–Kier alpha value is -3.71. The van der Waals surface area contributed by atoms with E-state index in [9.17, 15) is 4.79 Å². The quantitative estimate of drug-likeness (QED) is 0.329. The number of rotatable bonds is 8. The lowest BCUT2D eigenvalue weighted by atomic mass is 10.1. The van der Waals surface area contributed by atoms with Crippen LogP contribution in [0.15, 0.2) is 72.8 Å². The molecule has 7 heteroatoms. The van der Waals surface area contributed by atoms with Gasteiger partial charge in [-0.25, -0.2) is 4.68 Å². The second-order valence-corrected chi connectivity index (χ2v) is 8.55. The van der Waals surface area contributed by atoms with Gasteiger partial charge in [-0.15, -0.1) is 0 Å². The molecular weight excluding hydrogens is 444 g/mol.